The second-order valence-corrected chi connectivity index (χ2v) is 7.52. The van der Waals surface area contributed by atoms with E-state index in [2.05, 4.69) is 39.3 Å². The Balaban J connectivity index is 1.40. The Labute approximate surface area is 163 Å². The van der Waals surface area contributed by atoms with Gasteiger partial charge in [-0.05, 0) is 36.9 Å². The van der Waals surface area contributed by atoms with Gasteiger partial charge >= 0.3 is 0 Å². The molecule has 4 rings (SSSR count). The van der Waals surface area contributed by atoms with Crippen molar-refractivity contribution in [3.8, 4) is 0 Å². The fourth-order valence-electron chi connectivity index (χ4n) is 3.40. The molecular formula is C21H23ClN4O. The van der Waals surface area contributed by atoms with Crippen LogP contribution in [-0.2, 0) is 6.54 Å². The Kier molecular flexibility index (Phi) is 5.16. The Hall–Kier alpha value is -2.34. The van der Waals surface area contributed by atoms with Crippen molar-refractivity contribution in [3.05, 3.63) is 64.8 Å². The number of aromatic nitrogens is 1. The molecule has 5 nitrogen and oxygen atoms in total. The molecule has 0 spiro atoms. The van der Waals surface area contributed by atoms with Crippen molar-refractivity contribution in [2.75, 3.05) is 38.5 Å². The number of H-pyrrole nitrogens is 1. The number of piperazine rings is 1. The van der Waals surface area contributed by atoms with Crippen molar-refractivity contribution in [3.63, 3.8) is 0 Å². The van der Waals surface area contributed by atoms with Crippen LogP contribution in [0.3, 0.4) is 0 Å². The minimum atomic E-state index is -0.172. The van der Waals surface area contributed by atoms with E-state index in [-0.39, 0.29) is 5.91 Å². The normalized spacial score (nSPS) is 15.9. The Morgan fingerprint density at radius 1 is 1.11 bits per heavy atom. The summed E-state index contributed by atoms with van der Waals surface area (Å²) in [5.41, 5.74) is 3.33. The molecule has 3 aromatic rings. The SMILES string of the molecule is CN1CCN(Cc2ccc(NC(=O)c3cc4cccc(Cl)c4[nH]3)cc2)CC1. The van der Waals surface area contributed by atoms with Gasteiger partial charge in [0.05, 0.1) is 10.5 Å². The molecule has 1 aliphatic rings. The Morgan fingerprint density at radius 3 is 2.56 bits per heavy atom. The standard InChI is InChI=1S/C21H23ClN4O/c1-25-9-11-26(12-10-25)14-15-5-7-17(8-6-15)23-21(27)19-13-16-3-2-4-18(22)20(16)24-19/h2-8,13,24H,9-12,14H2,1H3,(H,23,27). The van der Waals surface area contributed by atoms with Crippen LogP contribution in [0.4, 0.5) is 5.69 Å². The molecule has 2 N–H and O–H groups in total. The molecule has 1 aliphatic heterocycles. The summed E-state index contributed by atoms with van der Waals surface area (Å²) in [6.45, 7) is 5.36. The second-order valence-electron chi connectivity index (χ2n) is 7.12. The van der Waals surface area contributed by atoms with Gasteiger partial charge in [-0.3, -0.25) is 9.69 Å². The van der Waals surface area contributed by atoms with Gasteiger partial charge in [-0.1, -0.05) is 35.9 Å². The van der Waals surface area contributed by atoms with Crippen LogP contribution in [-0.4, -0.2) is 53.9 Å². The number of amides is 1. The molecule has 0 aliphatic carbocycles. The lowest BCUT2D eigenvalue weighted by molar-refractivity contribution is 0.102. The predicted octanol–water partition coefficient (Wildman–Crippen LogP) is 3.82. The van der Waals surface area contributed by atoms with Crippen LogP contribution >= 0.6 is 11.6 Å². The van der Waals surface area contributed by atoms with Crippen molar-refractivity contribution in [2.45, 2.75) is 6.54 Å². The Bertz CT molecular complexity index is 942. The summed E-state index contributed by atoms with van der Waals surface area (Å²) in [6, 6.07) is 15.5. The minimum Gasteiger partial charge on any atom is -0.349 e. The zero-order valence-corrected chi connectivity index (χ0v) is 16.1. The number of nitrogens with zero attached hydrogens (tertiary/aromatic N) is 2. The summed E-state index contributed by atoms with van der Waals surface area (Å²) in [7, 11) is 2.16. The van der Waals surface area contributed by atoms with Gasteiger partial charge < -0.3 is 15.2 Å². The summed E-state index contributed by atoms with van der Waals surface area (Å²) in [5, 5.41) is 4.48. The molecule has 6 heteroatoms. The van der Waals surface area contributed by atoms with Crippen LogP contribution in [0.2, 0.25) is 5.02 Å². The maximum atomic E-state index is 12.5. The number of aromatic amines is 1. The molecule has 2 aromatic carbocycles. The number of halogens is 1. The molecular weight excluding hydrogens is 360 g/mol. The van der Waals surface area contributed by atoms with Gasteiger partial charge in [0.25, 0.3) is 5.91 Å². The van der Waals surface area contributed by atoms with E-state index in [1.807, 2.05) is 30.3 Å². The molecule has 0 atom stereocenters. The third-order valence-corrected chi connectivity index (χ3v) is 5.38. The van der Waals surface area contributed by atoms with E-state index in [0.717, 1.165) is 49.3 Å². The zero-order chi connectivity index (χ0) is 18.8. The summed E-state index contributed by atoms with van der Waals surface area (Å²) in [5.74, 6) is -0.172. The van der Waals surface area contributed by atoms with Gasteiger partial charge in [-0.15, -0.1) is 0 Å². The molecule has 1 saturated heterocycles. The van der Waals surface area contributed by atoms with Crippen LogP contribution in [0.15, 0.2) is 48.5 Å². The van der Waals surface area contributed by atoms with E-state index in [1.54, 1.807) is 6.07 Å². The monoisotopic (exact) mass is 382 g/mol. The molecule has 1 fully saturated rings. The molecule has 0 saturated carbocycles. The fourth-order valence-corrected chi connectivity index (χ4v) is 3.63. The van der Waals surface area contributed by atoms with E-state index in [4.69, 9.17) is 11.6 Å². The van der Waals surface area contributed by atoms with E-state index in [0.29, 0.717) is 10.7 Å². The van der Waals surface area contributed by atoms with Crippen molar-refractivity contribution in [2.24, 2.45) is 0 Å². The quantitative estimate of drug-likeness (QED) is 0.721. The fraction of sp³-hybridized carbons (Fsp3) is 0.286. The van der Waals surface area contributed by atoms with Gasteiger partial charge in [0, 0.05) is 43.8 Å². The highest BCUT2D eigenvalue weighted by molar-refractivity contribution is 6.35. The number of rotatable bonds is 4. The summed E-state index contributed by atoms with van der Waals surface area (Å²) < 4.78 is 0. The van der Waals surface area contributed by atoms with Gasteiger partial charge in [-0.2, -0.15) is 0 Å². The number of anilines is 1. The first-order valence-electron chi connectivity index (χ1n) is 9.17. The topological polar surface area (TPSA) is 51.4 Å². The van der Waals surface area contributed by atoms with Gasteiger partial charge in [0.1, 0.15) is 5.69 Å². The smallest absolute Gasteiger partial charge is 0.272 e. The number of nitrogens with one attached hydrogen (secondary N) is 2. The molecule has 0 unspecified atom stereocenters. The molecule has 1 aromatic heterocycles. The average molecular weight is 383 g/mol. The third kappa shape index (κ3) is 4.16. The lowest BCUT2D eigenvalue weighted by Gasteiger charge is -2.32. The summed E-state index contributed by atoms with van der Waals surface area (Å²) >= 11 is 6.17. The highest BCUT2D eigenvalue weighted by Gasteiger charge is 2.14. The van der Waals surface area contributed by atoms with Gasteiger partial charge in [0.2, 0.25) is 0 Å². The van der Waals surface area contributed by atoms with Crippen LogP contribution in [0.1, 0.15) is 16.1 Å². The number of para-hydroxylation sites is 1. The minimum absolute atomic E-state index is 0.172. The van der Waals surface area contributed by atoms with Crippen molar-refractivity contribution in [1.82, 2.24) is 14.8 Å². The van der Waals surface area contributed by atoms with Crippen LogP contribution in [0, 0.1) is 0 Å². The zero-order valence-electron chi connectivity index (χ0n) is 15.3. The number of fused-ring (bicyclic) bond motifs is 1. The molecule has 0 radical (unpaired) electrons. The lowest BCUT2D eigenvalue weighted by Crippen LogP contribution is -2.43. The van der Waals surface area contributed by atoms with E-state index in [1.165, 1.54) is 5.56 Å². The molecule has 1 amide bonds. The van der Waals surface area contributed by atoms with Crippen LogP contribution < -0.4 is 5.32 Å². The lowest BCUT2D eigenvalue weighted by atomic mass is 10.1. The maximum absolute atomic E-state index is 12.5. The number of hydrogen-bond donors (Lipinski definition) is 2. The third-order valence-electron chi connectivity index (χ3n) is 5.06. The van der Waals surface area contributed by atoms with E-state index < -0.39 is 0 Å². The first kappa shape index (κ1) is 18.0. The number of carbonyl (C=O) groups is 1. The maximum Gasteiger partial charge on any atom is 0.272 e. The number of benzene rings is 2. The van der Waals surface area contributed by atoms with Gasteiger partial charge in [-0.25, -0.2) is 0 Å². The number of carbonyl (C=O) groups excluding carboxylic acids is 1. The van der Waals surface area contributed by atoms with Crippen LogP contribution in [0.5, 0.6) is 0 Å². The highest BCUT2D eigenvalue weighted by atomic mass is 35.5. The number of likely N-dealkylation sites (N-methyl/N-ethyl adjacent to an activating group) is 1. The van der Waals surface area contributed by atoms with Crippen molar-refractivity contribution in [1.29, 1.82) is 0 Å². The first-order chi connectivity index (χ1) is 13.1. The summed E-state index contributed by atoms with van der Waals surface area (Å²) in [6.07, 6.45) is 0. The van der Waals surface area contributed by atoms with Crippen molar-refractivity contribution < 1.29 is 4.79 Å². The van der Waals surface area contributed by atoms with Crippen molar-refractivity contribution >= 4 is 34.1 Å². The second kappa shape index (κ2) is 7.72. The molecule has 2 heterocycles. The number of hydrogen-bond acceptors (Lipinski definition) is 3. The highest BCUT2D eigenvalue weighted by Crippen LogP contribution is 2.24. The predicted molar refractivity (Wildman–Crippen MR) is 110 cm³/mol. The molecule has 27 heavy (non-hydrogen) atoms. The van der Waals surface area contributed by atoms with E-state index in [9.17, 15) is 4.79 Å². The molecule has 140 valence electrons. The molecule has 0 bridgehead atoms. The van der Waals surface area contributed by atoms with Crippen LogP contribution in [0.25, 0.3) is 10.9 Å². The average Bonchev–Trinajstić information content (AvgIpc) is 3.11. The Morgan fingerprint density at radius 2 is 1.85 bits per heavy atom. The van der Waals surface area contributed by atoms with Gasteiger partial charge in [0.15, 0.2) is 0 Å². The van der Waals surface area contributed by atoms with E-state index >= 15 is 0 Å². The largest absolute Gasteiger partial charge is 0.349 e. The first-order valence-corrected chi connectivity index (χ1v) is 9.55. The summed E-state index contributed by atoms with van der Waals surface area (Å²) in [4.78, 5) is 20.4.